The van der Waals surface area contributed by atoms with Crippen LogP contribution in [0.3, 0.4) is 0 Å². The fourth-order valence-electron chi connectivity index (χ4n) is 2.10. The van der Waals surface area contributed by atoms with Gasteiger partial charge in [0.2, 0.25) is 11.7 Å². The maximum absolute atomic E-state index is 12.2. The van der Waals surface area contributed by atoms with Crippen molar-refractivity contribution in [2.45, 2.75) is 31.7 Å². The fourth-order valence-corrected chi connectivity index (χ4v) is 2.10. The molecule has 1 aliphatic carbocycles. The van der Waals surface area contributed by atoms with Crippen LogP contribution >= 0.6 is 12.4 Å². The molecule has 1 unspecified atom stereocenters. The largest absolute Gasteiger partial charge is 0.350 e. The molecule has 0 saturated heterocycles. The molecule has 2 aromatic rings. The number of carbonyl (C=O) groups is 1. The number of hydrogen-bond donors (Lipinski definition) is 2. The summed E-state index contributed by atoms with van der Waals surface area (Å²) >= 11 is 0. The highest BCUT2D eigenvalue weighted by molar-refractivity contribution is 5.95. The first-order valence-electron chi connectivity index (χ1n) is 7.57. The number of aromatic nitrogens is 2. The number of hydrogen-bond acceptors (Lipinski definition) is 5. The smallest absolute Gasteiger partial charge is 0.251 e. The second-order valence-corrected chi connectivity index (χ2v) is 5.71. The predicted molar refractivity (Wildman–Crippen MR) is 89.8 cm³/mol. The Labute approximate surface area is 141 Å². The third kappa shape index (κ3) is 4.30. The van der Waals surface area contributed by atoms with Gasteiger partial charge in [0.05, 0.1) is 0 Å². The van der Waals surface area contributed by atoms with E-state index in [-0.39, 0.29) is 24.4 Å². The van der Waals surface area contributed by atoms with Gasteiger partial charge in [-0.2, -0.15) is 4.98 Å². The summed E-state index contributed by atoms with van der Waals surface area (Å²) in [6.45, 7) is 2.59. The lowest BCUT2D eigenvalue weighted by Crippen LogP contribution is -2.37. The zero-order valence-corrected chi connectivity index (χ0v) is 14.0. The SMILES string of the molecule is CNC(C)CNC(=O)c1cccc(-c2noc(C3CC3)n2)c1.Cl. The summed E-state index contributed by atoms with van der Waals surface area (Å²) in [4.78, 5) is 16.6. The van der Waals surface area contributed by atoms with Crippen LogP contribution in [0.2, 0.25) is 0 Å². The van der Waals surface area contributed by atoms with E-state index in [1.165, 1.54) is 0 Å². The molecule has 1 amide bonds. The number of likely N-dealkylation sites (N-methyl/N-ethyl adjacent to an activating group) is 1. The minimum Gasteiger partial charge on any atom is -0.350 e. The summed E-state index contributed by atoms with van der Waals surface area (Å²) in [5.41, 5.74) is 1.39. The van der Waals surface area contributed by atoms with Crippen molar-refractivity contribution in [2.24, 2.45) is 0 Å². The third-order valence-electron chi connectivity index (χ3n) is 3.81. The van der Waals surface area contributed by atoms with Gasteiger partial charge in [0.15, 0.2) is 0 Å². The molecular formula is C16H21ClN4O2. The Balaban J connectivity index is 0.00000192. The lowest BCUT2D eigenvalue weighted by atomic mass is 10.1. The van der Waals surface area contributed by atoms with Crippen molar-refractivity contribution in [1.82, 2.24) is 20.8 Å². The topological polar surface area (TPSA) is 80.0 Å². The van der Waals surface area contributed by atoms with Crippen LogP contribution < -0.4 is 10.6 Å². The van der Waals surface area contributed by atoms with Gasteiger partial charge in [0.25, 0.3) is 5.91 Å². The maximum atomic E-state index is 12.2. The Morgan fingerprint density at radius 3 is 2.91 bits per heavy atom. The molecule has 1 aromatic heterocycles. The van der Waals surface area contributed by atoms with Gasteiger partial charge in [0, 0.05) is 29.6 Å². The van der Waals surface area contributed by atoms with E-state index in [9.17, 15) is 4.79 Å². The number of halogens is 1. The van der Waals surface area contributed by atoms with Crippen molar-refractivity contribution in [1.29, 1.82) is 0 Å². The number of benzene rings is 1. The molecule has 1 saturated carbocycles. The highest BCUT2D eigenvalue weighted by atomic mass is 35.5. The molecular weight excluding hydrogens is 316 g/mol. The number of nitrogens with one attached hydrogen (secondary N) is 2. The third-order valence-corrected chi connectivity index (χ3v) is 3.81. The highest BCUT2D eigenvalue weighted by Crippen LogP contribution is 2.39. The van der Waals surface area contributed by atoms with Crippen molar-refractivity contribution in [3.8, 4) is 11.4 Å². The summed E-state index contributed by atoms with van der Waals surface area (Å²) in [6, 6.07) is 7.52. The minimum absolute atomic E-state index is 0. The second-order valence-electron chi connectivity index (χ2n) is 5.71. The Bertz CT molecular complexity index is 670. The Kier molecular flexibility index (Phi) is 5.74. The van der Waals surface area contributed by atoms with Gasteiger partial charge >= 0.3 is 0 Å². The fraction of sp³-hybridized carbons (Fsp3) is 0.438. The van der Waals surface area contributed by atoms with E-state index >= 15 is 0 Å². The predicted octanol–water partition coefficient (Wildman–Crippen LogP) is 2.37. The normalized spacial score (nSPS) is 14.9. The molecule has 0 aliphatic heterocycles. The van der Waals surface area contributed by atoms with Gasteiger partial charge in [-0.05, 0) is 38.9 Å². The molecule has 7 heteroatoms. The van der Waals surface area contributed by atoms with Crippen LogP contribution in [0.15, 0.2) is 28.8 Å². The summed E-state index contributed by atoms with van der Waals surface area (Å²) in [5.74, 6) is 1.57. The van der Waals surface area contributed by atoms with E-state index < -0.39 is 0 Å². The second kappa shape index (κ2) is 7.57. The molecule has 0 spiro atoms. The zero-order chi connectivity index (χ0) is 15.5. The summed E-state index contributed by atoms with van der Waals surface area (Å²) < 4.78 is 5.27. The van der Waals surface area contributed by atoms with Crippen LogP contribution in [0, 0.1) is 0 Å². The van der Waals surface area contributed by atoms with Crippen molar-refractivity contribution >= 4 is 18.3 Å². The monoisotopic (exact) mass is 336 g/mol. The van der Waals surface area contributed by atoms with Crippen LogP contribution in [0.25, 0.3) is 11.4 Å². The zero-order valence-electron chi connectivity index (χ0n) is 13.2. The summed E-state index contributed by atoms with van der Waals surface area (Å²) in [6.07, 6.45) is 2.24. The van der Waals surface area contributed by atoms with E-state index in [1.807, 2.05) is 26.1 Å². The molecule has 1 fully saturated rings. The Hall–Kier alpha value is -1.92. The molecule has 1 aromatic carbocycles. The minimum atomic E-state index is -0.102. The van der Waals surface area contributed by atoms with E-state index in [4.69, 9.17) is 4.52 Å². The Morgan fingerprint density at radius 1 is 1.43 bits per heavy atom. The Morgan fingerprint density at radius 2 is 2.22 bits per heavy atom. The number of amides is 1. The first kappa shape index (κ1) is 17.4. The van der Waals surface area contributed by atoms with Crippen molar-refractivity contribution in [2.75, 3.05) is 13.6 Å². The lowest BCUT2D eigenvalue weighted by Gasteiger charge is -2.11. The van der Waals surface area contributed by atoms with Crippen LogP contribution in [0.4, 0.5) is 0 Å². The lowest BCUT2D eigenvalue weighted by molar-refractivity contribution is 0.0950. The molecule has 2 N–H and O–H groups in total. The molecule has 1 heterocycles. The molecule has 1 aliphatic rings. The van der Waals surface area contributed by atoms with Gasteiger partial charge in [-0.1, -0.05) is 17.3 Å². The molecule has 23 heavy (non-hydrogen) atoms. The van der Waals surface area contributed by atoms with Crippen LogP contribution in [0.1, 0.15) is 41.9 Å². The van der Waals surface area contributed by atoms with Crippen molar-refractivity contribution in [3.63, 3.8) is 0 Å². The quantitative estimate of drug-likeness (QED) is 0.846. The molecule has 1 atom stereocenters. The van der Waals surface area contributed by atoms with E-state index in [1.54, 1.807) is 12.1 Å². The molecule has 3 rings (SSSR count). The van der Waals surface area contributed by atoms with Gasteiger partial charge < -0.3 is 15.2 Å². The average molecular weight is 337 g/mol. The van der Waals surface area contributed by atoms with Gasteiger partial charge in [0.1, 0.15) is 0 Å². The highest BCUT2D eigenvalue weighted by Gasteiger charge is 2.29. The van der Waals surface area contributed by atoms with Crippen molar-refractivity contribution in [3.05, 3.63) is 35.7 Å². The molecule has 0 radical (unpaired) electrons. The van der Waals surface area contributed by atoms with Crippen LogP contribution in [0.5, 0.6) is 0 Å². The maximum Gasteiger partial charge on any atom is 0.251 e. The number of rotatable bonds is 6. The van der Waals surface area contributed by atoms with E-state index in [0.29, 0.717) is 29.7 Å². The standard InChI is InChI=1S/C16H20N4O2.ClH/c1-10(17-2)9-18-15(21)13-5-3-4-12(8-13)14-19-16(22-20-14)11-6-7-11;/h3-5,8,10-11,17H,6-7,9H2,1-2H3,(H,18,21);1H. The first-order valence-corrected chi connectivity index (χ1v) is 7.57. The summed E-state index contributed by atoms with van der Waals surface area (Å²) in [7, 11) is 1.87. The average Bonchev–Trinajstić information content (AvgIpc) is 3.29. The molecule has 6 nitrogen and oxygen atoms in total. The summed E-state index contributed by atoms with van der Waals surface area (Å²) in [5, 5.41) is 9.98. The van der Waals surface area contributed by atoms with Crippen LogP contribution in [-0.2, 0) is 0 Å². The van der Waals surface area contributed by atoms with Gasteiger partial charge in [-0.25, -0.2) is 0 Å². The van der Waals surface area contributed by atoms with E-state index in [0.717, 1.165) is 18.4 Å². The number of nitrogens with zero attached hydrogens (tertiary/aromatic N) is 2. The van der Waals surface area contributed by atoms with Gasteiger partial charge in [-0.15, -0.1) is 12.4 Å². The van der Waals surface area contributed by atoms with Crippen molar-refractivity contribution < 1.29 is 9.32 Å². The molecule has 0 bridgehead atoms. The molecule has 124 valence electrons. The van der Waals surface area contributed by atoms with E-state index in [2.05, 4.69) is 20.8 Å². The van der Waals surface area contributed by atoms with Gasteiger partial charge in [-0.3, -0.25) is 4.79 Å². The number of carbonyl (C=O) groups excluding carboxylic acids is 1. The van der Waals surface area contributed by atoms with Crippen LogP contribution in [-0.4, -0.2) is 35.7 Å². The first-order chi connectivity index (χ1) is 10.7.